The normalized spacial score (nSPS) is 16.5. The van der Waals surface area contributed by atoms with E-state index in [1.54, 1.807) is 19.1 Å². The molecule has 0 N–H and O–H groups in total. The lowest BCUT2D eigenvalue weighted by atomic mass is 9.91. The van der Waals surface area contributed by atoms with Crippen molar-refractivity contribution in [2.75, 3.05) is 0 Å². The summed E-state index contributed by atoms with van der Waals surface area (Å²) >= 11 is 0. The fourth-order valence-corrected chi connectivity index (χ4v) is 2.10. The molecule has 0 bridgehead atoms. The standard InChI is InChI=1S/C8H7F3O.C7H14/c1-6-4-2-3-5-7(6)12-8(9,10)11;1-7-5-3-2-4-6-7/h2-5H,1H3;7H,2-6H2,1H3. The average Bonchev–Trinajstić information content (AvgIpc) is 2.32. The third-order valence-electron chi connectivity index (χ3n) is 3.21. The molecule has 1 saturated carbocycles. The van der Waals surface area contributed by atoms with E-state index >= 15 is 0 Å². The monoisotopic (exact) mass is 274 g/mol. The zero-order valence-electron chi connectivity index (χ0n) is 11.5. The Hall–Kier alpha value is -1.19. The third-order valence-corrected chi connectivity index (χ3v) is 3.21. The van der Waals surface area contributed by atoms with Crippen LogP contribution in [0.1, 0.15) is 44.6 Å². The molecule has 1 fully saturated rings. The number of benzene rings is 1. The van der Waals surface area contributed by atoms with Gasteiger partial charge in [0.2, 0.25) is 0 Å². The molecule has 1 aromatic rings. The number of hydrogen-bond donors (Lipinski definition) is 0. The van der Waals surface area contributed by atoms with Crippen LogP contribution in [0.4, 0.5) is 13.2 Å². The van der Waals surface area contributed by atoms with Gasteiger partial charge in [-0.15, -0.1) is 13.2 Å². The van der Waals surface area contributed by atoms with E-state index in [0.29, 0.717) is 5.56 Å². The molecule has 0 amide bonds. The van der Waals surface area contributed by atoms with Crippen LogP contribution in [0.15, 0.2) is 24.3 Å². The second kappa shape index (κ2) is 7.41. The van der Waals surface area contributed by atoms with Crippen LogP contribution in [-0.4, -0.2) is 6.36 Å². The lowest BCUT2D eigenvalue weighted by Gasteiger charge is -2.15. The van der Waals surface area contributed by atoms with Crippen LogP contribution in [0.25, 0.3) is 0 Å². The van der Waals surface area contributed by atoms with Gasteiger partial charge in [0.1, 0.15) is 5.75 Å². The quantitative estimate of drug-likeness (QED) is 0.659. The summed E-state index contributed by atoms with van der Waals surface area (Å²) in [6, 6.07) is 5.98. The minimum atomic E-state index is -4.61. The van der Waals surface area contributed by atoms with Crippen molar-refractivity contribution in [2.24, 2.45) is 5.92 Å². The summed E-state index contributed by atoms with van der Waals surface area (Å²) < 4.78 is 38.8. The minimum absolute atomic E-state index is 0.148. The number of ether oxygens (including phenoxy) is 1. The minimum Gasteiger partial charge on any atom is -0.406 e. The van der Waals surface area contributed by atoms with E-state index in [2.05, 4.69) is 11.7 Å². The molecule has 1 aromatic carbocycles. The number of halogens is 3. The van der Waals surface area contributed by atoms with Gasteiger partial charge in [0.15, 0.2) is 0 Å². The molecule has 1 aliphatic rings. The molecule has 108 valence electrons. The van der Waals surface area contributed by atoms with E-state index in [1.807, 2.05) is 0 Å². The van der Waals surface area contributed by atoms with Crippen LogP contribution in [0, 0.1) is 12.8 Å². The van der Waals surface area contributed by atoms with Crippen LogP contribution >= 0.6 is 0 Å². The fourth-order valence-electron chi connectivity index (χ4n) is 2.10. The van der Waals surface area contributed by atoms with Crippen molar-refractivity contribution >= 4 is 0 Å². The first kappa shape index (κ1) is 15.9. The van der Waals surface area contributed by atoms with E-state index in [4.69, 9.17) is 0 Å². The van der Waals surface area contributed by atoms with Crippen molar-refractivity contribution in [3.63, 3.8) is 0 Å². The van der Waals surface area contributed by atoms with Crippen LogP contribution in [0.3, 0.4) is 0 Å². The molecule has 0 atom stereocenters. The summed E-state index contributed by atoms with van der Waals surface area (Å²) in [7, 11) is 0. The number of para-hydroxylation sites is 1. The Morgan fingerprint density at radius 3 is 2.05 bits per heavy atom. The van der Waals surface area contributed by atoms with Gasteiger partial charge < -0.3 is 4.74 Å². The van der Waals surface area contributed by atoms with Crippen LogP contribution < -0.4 is 4.74 Å². The molecule has 2 rings (SSSR count). The summed E-state index contributed by atoms with van der Waals surface area (Å²) in [4.78, 5) is 0. The van der Waals surface area contributed by atoms with E-state index in [-0.39, 0.29) is 5.75 Å². The first-order chi connectivity index (χ1) is 8.88. The predicted octanol–water partition coefficient (Wildman–Crippen LogP) is 5.48. The molecule has 0 radical (unpaired) electrons. The van der Waals surface area contributed by atoms with Crippen molar-refractivity contribution in [1.29, 1.82) is 0 Å². The van der Waals surface area contributed by atoms with Crippen molar-refractivity contribution in [3.05, 3.63) is 29.8 Å². The van der Waals surface area contributed by atoms with Gasteiger partial charge in [0, 0.05) is 0 Å². The Balaban J connectivity index is 0.000000218. The highest BCUT2D eigenvalue weighted by Gasteiger charge is 2.31. The summed E-state index contributed by atoms with van der Waals surface area (Å²) in [6.07, 6.45) is 2.83. The van der Waals surface area contributed by atoms with E-state index in [9.17, 15) is 13.2 Å². The zero-order valence-corrected chi connectivity index (χ0v) is 11.5. The fraction of sp³-hybridized carbons (Fsp3) is 0.600. The average molecular weight is 274 g/mol. The summed E-state index contributed by atoms with van der Waals surface area (Å²) in [5.41, 5.74) is 0.467. The second-order valence-corrected chi connectivity index (χ2v) is 5.06. The molecule has 0 saturated heterocycles. The van der Waals surface area contributed by atoms with Gasteiger partial charge >= 0.3 is 6.36 Å². The largest absolute Gasteiger partial charge is 0.573 e. The molecule has 0 heterocycles. The zero-order chi connectivity index (χ0) is 14.3. The maximum Gasteiger partial charge on any atom is 0.573 e. The first-order valence-electron chi connectivity index (χ1n) is 6.70. The maximum absolute atomic E-state index is 11.7. The van der Waals surface area contributed by atoms with E-state index in [0.717, 1.165) is 5.92 Å². The molecule has 19 heavy (non-hydrogen) atoms. The van der Waals surface area contributed by atoms with Crippen LogP contribution in [0.2, 0.25) is 0 Å². The molecule has 4 heteroatoms. The van der Waals surface area contributed by atoms with Gasteiger partial charge in [0.05, 0.1) is 0 Å². The van der Waals surface area contributed by atoms with Gasteiger partial charge in [0.25, 0.3) is 0 Å². The Bertz CT molecular complexity index is 368. The van der Waals surface area contributed by atoms with Crippen LogP contribution in [0.5, 0.6) is 5.75 Å². The van der Waals surface area contributed by atoms with Crippen LogP contribution in [-0.2, 0) is 0 Å². The SMILES string of the molecule is CC1CCCCC1.Cc1ccccc1OC(F)(F)F. The highest BCUT2D eigenvalue weighted by Crippen LogP contribution is 2.25. The molecule has 1 aliphatic carbocycles. The molecular formula is C15H21F3O. The maximum atomic E-state index is 11.7. The van der Waals surface area contributed by atoms with Gasteiger partial charge in [-0.05, 0) is 24.5 Å². The van der Waals surface area contributed by atoms with E-state index in [1.165, 1.54) is 44.2 Å². The lowest BCUT2D eigenvalue weighted by Crippen LogP contribution is -2.17. The topological polar surface area (TPSA) is 9.23 Å². The Kier molecular flexibility index (Phi) is 6.19. The number of alkyl halides is 3. The number of rotatable bonds is 1. The summed E-state index contributed by atoms with van der Waals surface area (Å²) in [5, 5.41) is 0. The molecule has 0 aliphatic heterocycles. The first-order valence-corrected chi connectivity index (χ1v) is 6.70. The Morgan fingerprint density at radius 1 is 1.05 bits per heavy atom. The lowest BCUT2D eigenvalue weighted by molar-refractivity contribution is -0.274. The molecule has 0 spiro atoms. The molecular weight excluding hydrogens is 253 g/mol. The summed E-state index contributed by atoms with van der Waals surface area (Å²) in [5.74, 6) is 0.888. The van der Waals surface area contributed by atoms with Gasteiger partial charge in [-0.25, -0.2) is 0 Å². The van der Waals surface area contributed by atoms with Crippen molar-refractivity contribution in [1.82, 2.24) is 0 Å². The van der Waals surface area contributed by atoms with Gasteiger partial charge in [-0.3, -0.25) is 0 Å². The highest BCUT2D eigenvalue weighted by atomic mass is 19.4. The summed E-state index contributed by atoms with van der Waals surface area (Å²) in [6.45, 7) is 3.92. The van der Waals surface area contributed by atoms with E-state index < -0.39 is 6.36 Å². The van der Waals surface area contributed by atoms with Gasteiger partial charge in [-0.2, -0.15) is 0 Å². The number of hydrogen-bond acceptors (Lipinski definition) is 1. The third kappa shape index (κ3) is 7.09. The molecule has 0 unspecified atom stereocenters. The predicted molar refractivity (Wildman–Crippen MR) is 70.1 cm³/mol. The van der Waals surface area contributed by atoms with Gasteiger partial charge in [-0.1, -0.05) is 57.2 Å². The van der Waals surface area contributed by atoms with Crippen molar-refractivity contribution in [2.45, 2.75) is 52.3 Å². The smallest absolute Gasteiger partial charge is 0.406 e. The number of aryl methyl sites for hydroxylation is 1. The molecule has 1 nitrogen and oxygen atoms in total. The highest BCUT2D eigenvalue weighted by molar-refractivity contribution is 5.31. The Morgan fingerprint density at radius 2 is 1.63 bits per heavy atom. The Labute approximate surface area is 112 Å². The molecule has 0 aromatic heterocycles. The van der Waals surface area contributed by atoms with Crippen molar-refractivity contribution in [3.8, 4) is 5.75 Å². The second-order valence-electron chi connectivity index (χ2n) is 5.06. The van der Waals surface area contributed by atoms with Crippen molar-refractivity contribution < 1.29 is 17.9 Å².